The van der Waals surface area contributed by atoms with Crippen LogP contribution in [0.15, 0.2) is 72.8 Å². The number of anilines is 1. The summed E-state index contributed by atoms with van der Waals surface area (Å²) in [6, 6.07) is 19.6. The van der Waals surface area contributed by atoms with Gasteiger partial charge in [-0.05, 0) is 55.5 Å². The standard InChI is InChI=1S/C28H29NO5/c1-18-13-14-21-24(26(2)23(30)15-16-28(18,26)32)33-25(31)27(21)17-22(19-9-5-3-6-10-19)29(34-27)20-11-7-4-8-12-20/h3-12,15-16,18,21-22,24,32H,13-14,17H2,1-2H3/t18-,21+,22?,24+,26-,27?,28+/m0/s1. The summed E-state index contributed by atoms with van der Waals surface area (Å²) in [5.74, 6) is -1.15. The fraction of sp³-hybridized carbons (Fsp3) is 0.429. The second-order valence-electron chi connectivity index (χ2n) is 10.4. The Hall–Kier alpha value is -2.96. The monoisotopic (exact) mass is 459 g/mol. The fourth-order valence-electron chi connectivity index (χ4n) is 6.76. The average Bonchev–Trinajstić information content (AvgIpc) is 3.45. The number of esters is 1. The number of hydrogen-bond acceptors (Lipinski definition) is 6. The molecule has 2 aromatic rings. The zero-order valence-corrected chi connectivity index (χ0v) is 19.4. The van der Waals surface area contributed by atoms with Crippen molar-refractivity contribution >= 4 is 17.4 Å². The maximum atomic E-state index is 13.7. The Morgan fingerprint density at radius 3 is 2.38 bits per heavy atom. The Morgan fingerprint density at radius 1 is 1.00 bits per heavy atom. The van der Waals surface area contributed by atoms with Crippen molar-refractivity contribution < 1.29 is 24.3 Å². The van der Waals surface area contributed by atoms with Crippen LogP contribution < -0.4 is 5.06 Å². The lowest BCUT2D eigenvalue weighted by Gasteiger charge is -2.43. The molecule has 0 radical (unpaired) electrons. The number of para-hydroxylation sites is 1. The van der Waals surface area contributed by atoms with Crippen molar-refractivity contribution in [3.8, 4) is 0 Å². The molecule has 34 heavy (non-hydrogen) atoms. The number of carbonyl (C=O) groups is 2. The Kier molecular flexibility index (Phi) is 4.61. The van der Waals surface area contributed by atoms with E-state index >= 15 is 0 Å². The van der Waals surface area contributed by atoms with Crippen molar-refractivity contribution in [2.24, 2.45) is 17.3 Å². The van der Waals surface area contributed by atoms with Crippen LogP contribution in [0.1, 0.15) is 44.7 Å². The van der Waals surface area contributed by atoms with E-state index in [9.17, 15) is 14.7 Å². The maximum Gasteiger partial charge on any atom is 0.342 e. The predicted molar refractivity (Wildman–Crippen MR) is 126 cm³/mol. The van der Waals surface area contributed by atoms with Gasteiger partial charge in [0, 0.05) is 12.3 Å². The minimum atomic E-state index is -1.36. The van der Waals surface area contributed by atoms with Crippen LogP contribution in [0.5, 0.6) is 0 Å². The number of carbonyl (C=O) groups excluding carboxylic acids is 2. The molecule has 2 saturated heterocycles. The van der Waals surface area contributed by atoms with Gasteiger partial charge in [-0.25, -0.2) is 9.86 Å². The van der Waals surface area contributed by atoms with E-state index < -0.39 is 28.7 Å². The minimum Gasteiger partial charge on any atom is -0.459 e. The summed E-state index contributed by atoms with van der Waals surface area (Å²) in [6.45, 7) is 3.72. The molecule has 2 aromatic carbocycles. The van der Waals surface area contributed by atoms with Gasteiger partial charge in [-0.1, -0.05) is 55.5 Å². The number of benzene rings is 2. The molecule has 6 heteroatoms. The van der Waals surface area contributed by atoms with E-state index in [1.807, 2.05) is 72.7 Å². The van der Waals surface area contributed by atoms with Crippen molar-refractivity contribution in [2.75, 3.05) is 5.06 Å². The summed E-state index contributed by atoms with van der Waals surface area (Å²) < 4.78 is 6.04. The number of ether oxygens (including phenoxy) is 1. The van der Waals surface area contributed by atoms with Crippen LogP contribution in [-0.4, -0.2) is 34.2 Å². The summed E-state index contributed by atoms with van der Waals surface area (Å²) in [6.07, 6.45) is 4.01. The Balaban J connectivity index is 1.46. The van der Waals surface area contributed by atoms with Gasteiger partial charge < -0.3 is 9.84 Å². The molecule has 0 bridgehead atoms. The van der Waals surface area contributed by atoms with Crippen molar-refractivity contribution in [2.45, 2.75) is 56.5 Å². The van der Waals surface area contributed by atoms with E-state index in [4.69, 9.17) is 9.57 Å². The lowest BCUT2D eigenvalue weighted by atomic mass is 9.63. The molecule has 1 N–H and O–H groups in total. The molecule has 6 nitrogen and oxygen atoms in total. The van der Waals surface area contributed by atoms with E-state index in [-0.39, 0.29) is 23.7 Å². The quantitative estimate of drug-likeness (QED) is 0.680. The van der Waals surface area contributed by atoms with E-state index in [2.05, 4.69) is 0 Å². The number of nitrogens with zero attached hydrogens (tertiary/aromatic N) is 1. The van der Waals surface area contributed by atoms with Gasteiger partial charge in [0.1, 0.15) is 11.7 Å². The van der Waals surface area contributed by atoms with E-state index in [1.54, 1.807) is 13.0 Å². The predicted octanol–water partition coefficient (Wildman–Crippen LogP) is 4.16. The zero-order valence-electron chi connectivity index (χ0n) is 19.4. The first-order chi connectivity index (χ1) is 16.3. The first-order valence-electron chi connectivity index (χ1n) is 12.1. The molecule has 6 rings (SSSR count). The first kappa shape index (κ1) is 21.6. The van der Waals surface area contributed by atoms with Gasteiger partial charge in [0.05, 0.1) is 17.1 Å². The lowest BCUT2D eigenvalue weighted by molar-refractivity contribution is -0.169. The third kappa shape index (κ3) is 2.64. The molecule has 1 saturated carbocycles. The van der Waals surface area contributed by atoms with Crippen molar-refractivity contribution in [3.63, 3.8) is 0 Å². The van der Waals surface area contributed by atoms with Crippen LogP contribution in [0.25, 0.3) is 0 Å². The molecule has 1 spiro atoms. The smallest absolute Gasteiger partial charge is 0.342 e. The van der Waals surface area contributed by atoms with Gasteiger partial charge in [0.15, 0.2) is 5.78 Å². The molecule has 4 aliphatic rings. The maximum absolute atomic E-state index is 13.7. The topological polar surface area (TPSA) is 76.1 Å². The number of allylic oxidation sites excluding steroid dienone is 1. The number of fused-ring (bicyclic) bond motifs is 4. The third-order valence-electron chi connectivity index (χ3n) is 8.84. The van der Waals surface area contributed by atoms with Gasteiger partial charge >= 0.3 is 5.97 Å². The zero-order chi connectivity index (χ0) is 23.7. The summed E-state index contributed by atoms with van der Waals surface area (Å²) in [5, 5.41) is 13.5. The molecule has 0 amide bonds. The van der Waals surface area contributed by atoms with Crippen LogP contribution in [0.2, 0.25) is 0 Å². The highest BCUT2D eigenvalue weighted by Crippen LogP contribution is 2.61. The molecule has 2 heterocycles. The molecule has 3 fully saturated rings. The van der Waals surface area contributed by atoms with Gasteiger partial charge in [-0.3, -0.25) is 9.63 Å². The number of rotatable bonds is 2. The number of hydrogen-bond donors (Lipinski definition) is 1. The summed E-state index contributed by atoms with van der Waals surface area (Å²) >= 11 is 0. The average molecular weight is 460 g/mol. The van der Waals surface area contributed by atoms with E-state index in [0.29, 0.717) is 19.3 Å². The highest BCUT2D eigenvalue weighted by molar-refractivity contribution is 6.00. The van der Waals surface area contributed by atoms with Crippen LogP contribution in [0.4, 0.5) is 5.69 Å². The van der Waals surface area contributed by atoms with E-state index in [0.717, 1.165) is 11.3 Å². The van der Waals surface area contributed by atoms with Crippen LogP contribution >= 0.6 is 0 Å². The van der Waals surface area contributed by atoms with Gasteiger partial charge in [0.25, 0.3) is 0 Å². The molecule has 2 aliphatic heterocycles. The number of aliphatic hydroxyl groups is 1. The summed E-state index contributed by atoms with van der Waals surface area (Å²) in [4.78, 5) is 33.5. The van der Waals surface area contributed by atoms with Crippen molar-refractivity contribution in [1.82, 2.24) is 0 Å². The van der Waals surface area contributed by atoms with Crippen molar-refractivity contribution in [3.05, 3.63) is 78.4 Å². The second-order valence-corrected chi connectivity index (χ2v) is 10.4. The molecular weight excluding hydrogens is 430 g/mol. The Labute approximate surface area is 199 Å². The molecule has 176 valence electrons. The van der Waals surface area contributed by atoms with Crippen molar-refractivity contribution in [1.29, 1.82) is 0 Å². The summed E-state index contributed by atoms with van der Waals surface area (Å²) in [7, 11) is 0. The minimum absolute atomic E-state index is 0.155. The fourth-order valence-corrected chi connectivity index (χ4v) is 6.76. The highest BCUT2D eigenvalue weighted by atomic mass is 16.7. The number of hydroxylamine groups is 1. The van der Waals surface area contributed by atoms with Gasteiger partial charge in [-0.15, -0.1) is 0 Å². The van der Waals surface area contributed by atoms with E-state index in [1.165, 1.54) is 6.08 Å². The van der Waals surface area contributed by atoms with Crippen LogP contribution in [0, 0.1) is 17.3 Å². The molecule has 0 aromatic heterocycles. The Morgan fingerprint density at radius 2 is 1.68 bits per heavy atom. The lowest BCUT2D eigenvalue weighted by Crippen LogP contribution is -2.57. The first-order valence-corrected chi connectivity index (χ1v) is 12.1. The van der Waals surface area contributed by atoms with Crippen LogP contribution in [-0.2, 0) is 19.2 Å². The normalized spacial score (nSPS) is 40.9. The number of ketones is 1. The molecular formula is C28H29NO5. The molecule has 2 unspecified atom stereocenters. The molecule has 2 aliphatic carbocycles. The highest BCUT2D eigenvalue weighted by Gasteiger charge is 2.74. The largest absolute Gasteiger partial charge is 0.459 e. The third-order valence-corrected chi connectivity index (χ3v) is 8.84. The van der Waals surface area contributed by atoms with Gasteiger partial charge in [-0.2, -0.15) is 0 Å². The second kappa shape index (κ2) is 7.27. The van der Waals surface area contributed by atoms with Crippen LogP contribution in [0.3, 0.4) is 0 Å². The molecule has 7 atom stereocenters. The SMILES string of the molecule is C[C@H]1CC[C@@H]2[C@@H](OC(=O)C23CC(c2ccccc2)N(c2ccccc2)O3)[C@]2(C)C(=O)C=C[C@@]12O. The Bertz CT molecular complexity index is 1120. The van der Waals surface area contributed by atoms with Gasteiger partial charge in [0.2, 0.25) is 5.60 Å². The summed E-state index contributed by atoms with van der Waals surface area (Å²) in [5.41, 5.74) is -1.92.